The fourth-order valence-electron chi connectivity index (χ4n) is 4.14. The molecule has 1 atom stereocenters. The monoisotopic (exact) mass is 336 g/mol. The molecule has 0 saturated carbocycles. The molecule has 3 fully saturated rings. The van der Waals surface area contributed by atoms with Crippen LogP contribution in [0.4, 0.5) is 4.79 Å². The lowest BCUT2D eigenvalue weighted by molar-refractivity contribution is 0.0766. The van der Waals surface area contributed by atoms with Gasteiger partial charge in [0.2, 0.25) is 0 Å². The number of furan rings is 1. The lowest BCUT2D eigenvalue weighted by atomic mass is 9.84. The van der Waals surface area contributed by atoms with Crippen molar-refractivity contribution in [1.82, 2.24) is 20.0 Å². The quantitative estimate of drug-likeness (QED) is 0.781. The summed E-state index contributed by atoms with van der Waals surface area (Å²) in [5.74, 6) is 0.595. The normalized spacial score (nSPS) is 25.4. The topological polar surface area (TPSA) is 63.3 Å². The van der Waals surface area contributed by atoms with Crippen LogP contribution in [0.1, 0.15) is 12.8 Å². The Morgan fingerprint density at radius 2 is 2.08 bits per heavy atom. The van der Waals surface area contributed by atoms with Gasteiger partial charge in [0.25, 0.3) is 0 Å². The number of benzene rings is 1. The van der Waals surface area contributed by atoms with Crippen molar-refractivity contribution >= 4 is 16.9 Å². The van der Waals surface area contributed by atoms with Crippen molar-refractivity contribution in [2.45, 2.75) is 18.9 Å². The van der Waals surface area contributed by atoms with Gasteiger partial charge in [0, 0.05) is 23.5 Å². The minimum Gasteiger partial charge on any atom is -0.472 e. The van der Waals surface area contributed by atoms with Crippen LogP contribution in [0.2, 0.25) is 0 Å². The van der Waals surface area contributed by atoms with Gasteiger partial charge in [0.15, 0.2) is 0 Å². The number of hydrogen-bond donors (Lipinski definition) is 1. The molecule has 6 rings (SSSR count). The van der Waals surface area contributed by atoms with Crippen molar-refractivity contribution < 1.29 is 9.21 Å². The summed E-state index contributed by atoms with van der Waals surface area (Å²) in [5.41, 5.74) is 2.82. The number of aromatic nitrogens is 2. The summed E-state index contributed by atoms with van der Waals surface area (Å²) in [6, 6.07) is 8.00. The summed E-state index contributed by atoms with van der Waals surface area (Å²) in [6.45, 7) is 3.28. The van der Waals surface area contributed by atoms with Crippen LogP contribution < -0.4 is 5.32 Å². The lowest BCUT2D eigenvalue weighted by Gasteiger charge is -2.44. The van der Waals surface area contributed by atoms with Gasteiger partial charge in [0.1, 0.15) is 0 Å². The maximum Gasteiger partial charge on any atom is 0.342 e. The highest BCUT2D eigenvalue weighted by atomic mass is 16.3. The van der Waals surface area contributed by atoms with Gasteiger partial charge in [-0.1, -0.05) is 12.1 Å². The Morgan fingerprint density at radius 1 is 1.20 bits per heavy atom. The molecule has 6 heteroatoms. The smallest absolute Gasteiger partial charge is 0.342 e. The largest absolute Gasteiger partial charge is 0.472 e. The molecule has 3 aliphatic rings. The summed E-state index contributed by atoms with van der Waals surface area (Å²) in [6.07, 6.45) is 7.45. The molecule has 1 aromatic carbocycles. The summed E-state index contributed by atoms with van der Waals surface area (Å²) in [7, 11) is 0. The van der Waals surface area contributed by atoms with Crippen LogP contribution in [0, 0.1) is 5.92 Å². The van der Waals surface area contributed by atoms with Crippen LogP contribution in [-0.4, -0.2) is 46.4 Å². The van der Waals surface area contributed by atoms with Gasteiger partial charge in [-0.15, -0.1) is 0 Å². The highest BCUT2D eigenvalue weighted by molar-refractivity contribution is 5.92. The number of nitrogens with one attached hydrogen (secondary N) is 1. The van der Waals surface area contributed by atoms with E-state index in [-0.39, 0.29) is 12.1 Å². The number of piperidine rings is 3. The molecular weight excluding hydrogens is 316 g/mol. The number of nitrogens with zero attached hydrogens (tertiary/aromatic N) is 3. The first-order valence-electron chi connectivity index (χ1n) is 8.81. The lowest BCUT2D eigenvalue weighted by Crippen LogP contribution is -2.57. The van der Waals surface area contributed by atoms with Crippen LogP contribution >= 0.6 is 0 Å². The maximum absolute atomic E-state index is 12.8. The molecule has 5 heterocycles. The summed E-state index contributed by atoms with van der Waals surface area (Å²) in [4.78, 5) is 15.2. The van der Waals surface area contributed by atoms with Gasteiger partial charge in [-0.2, -0.15) is 9.78 Å². The van der Waals surface area contributed by atoms with E-state index in [1.54, 1.807) is 18.7 Å². The highest BCUT2D eigenvalue weighted by Gasteiger charge is 2.35. The average Bonchev–Trinajstić information content (AvgIpc) is 3.32. The molecule has 0 spiro atoms. The first-order valence-corrected chi connectivity index (χ1v) is 8.81. The van der Waals surface area contributed by atoms with E-state index >= 15 is 0 Å². The van der Waals surface area contributed by atoms with Gasteiger partial charge in [-0.3, -0.25) is 0 Å². The molecule has 6 nitrogen and oxygen atoms in total. The van der Waals surface area contributed by atoms with Crippen molar-refractivity contribution in [3.63, 3.8) is 0 Å². The number of hydrogen-bond acceptors (Lipinski definition) is 4. The first-order chi connectivity index (χ1) is 12.3. The number of carbonyl (C=O) groups excluding carboxylic acids is 1. The molecule has 2 bridgehead atoms. The van der Waals surface area contributed by atoms with Crippen molar-refractivity contribution in [3.05, 3.63) is 43.0 Å². The summed E-state index contributed by atoms with van der Waals surface area (Å²) < 4.78 is 6.65. The van der Waals surface area contributed by atoms with Crippen molar-refractivity contribution in [2.24, 2.45) is 5.92 Å². The third-order valence-electron chi connectivity index (χ3n) is 5.58. The zero-order valence-corrected chi connectivity index (χ0v) is 13.9. The molecule has 128 valence electrons. The van der Waals surface area contributed by atoms with Crippen molar-refractivity contribution in [1.29, 1.82) is 0 Å². The third-order valence-corrected chi connectivity index (χ3v) is 5.58. The minimum absolute atomic E-state index is 0.141. The van der Waals surface area contributed by atoms with Crippen molar-refractivity contribution in [3.8, 4) is 11.1 Å². The van der Waals surface area contributed by atoms with Gasteiger partial charge < -0.3 is 14.6 Å². The minimum atomic E-state index is -0.141. The van der Waals surface area contributed by atoms with E-state index in [1.165, 1.54) is 17.5 Å². The maximum atomic E-state index is 12.8. The number of amides is 1. The fraction of sp³-hybridized carbons (Fsp3) is 0.368. The van der Waals surface area contributed by atoms with E-state index in [4.69, 9.17) is 4.42 Å². The number of fused-ring (bicyclic) bond motifs is 4. The second kappa shape index (κ2) is 5.74. The highest BCUT2D eigenvalue weighted by Crippen LogP contribution is 2.28. The molecule has 1 amide bonds. The predicted molar refractivity (Wildman–Crippen MR) is 94.3 cm³/mol. The molecule has 3 aromatic rings. The fourth-order valence-corrected chi connectivity index (χ4v) is 4.14. The van der Waals surface area contributed by atoms with Gasteiger partial charge in [0.05, 0.1) is 24.2 Å². The number of carbonyl (C=O) groups is 1. The van der Waals surface area contributed by atoms with Crippen LogP contribution in [0.25, 0.3) is 22.0 Å². The molecule has 0 radical (unpaired) electrons. The Bertz CT molecular complexity index is 907. The summed E-state index contributed by atoms with van der Waals surface area (Å²) in [5, 5.41) is 8.47. The van der Waals surface area contributed by atoms with Crippen LogP contribution in [-0.2, 0) is 0 Å². The Morgan fingerprint density at radius 3 is 2.80 bits per heavy atom. The van der Waals surface area contributed by atoms with Gasteiger partial charge >= 0.3 is 6.03 Å². The first kappa shape index (κ1) is 14.7. The molecule has 25 heavy (non-hydrogen) atoms. The second-order valence-corrected chi connectivity index (χ2v) is 7.04. The van der Waals surface area contributed by atoms with Crippen molar-refractivity contribution in [2.75, 3.05) is 19.6 Å². The SMILES string of the molecule is O=C(N[C@@H]1CN2CCC1CC2)n1ncc2ccc(-c3ccoc3)cc21. The van der Waals surface area contributed by atoms with E-state index in [9.17, 15) is 4.79 Å². The molecular formula is C19H20N4O2. The molecule has 3 saturated heterocycles. The molecule has 0 aliphatic carbocycles. The van der Waals surface area contributed by atoms with Crippen LogP contribution in [0.5, 0.6) is 0 Å². The molecule has 1 N–H and O–H groups in total. The van der Waals surface area contributed by atoms with Crippen LogP contribution in [0.3, 0.4) is 0 Å². The summed E-state index contributed by atoms with van der Waals surface area (Å²) >= 11 is 0. The van der Waals surface area contributed by atoms with E-state index in [1.807, 2.05) is 24.3 Å². The average molecular weight is 336 g/mol. The number of rotatable bonds is 2. The van der Waals surface area contributed by atoms with Crippen LogP contribution in [0.15, 0.2) is 47.4 Å². The van der Waals surface area contributed by atoms with Gasteiger partial charge in [-0.05, 0) is 49.5 Å². The zero-order chi connectivity index (χ0) is 16.8. The van der Waals surface area contributed by atoms with Gasteiger partial charge in [-0.25, -0.2) is 4.79 Å². The standard InChI is InChI=1S/C19H20N4O2/c24-19(21-17-11-22-6-3-13(17)4-7-22)23-18-9-14(16-5-8-25-12-16)1-2-15(18)10-20-23/h1-2,5,8-10,12-13,17H,3-4,6-7,11H2,(H,21,24)/t17-/m1/s1. The molecule has 3 aliphatic heterocycles. The Hall–Kier alpha value is -2.60. The molecule has 2 aromatic heterocycles. The second-order valence-electron chi connectivity index (χ2n) is 7.04. The van der Waals surface area contributed by atoms with E-state index in [0.717, 1.165) is 41.7 Å². The van der Waals surface area contributed by atoms with E-state index < -0.39 is 0 Å². The third kappa shape index (κ3) is 2.53. The predicted octanol–water partition coefficient (Wildman–Crippen LogP) is 2.95. The Labute approximate surface area is 145 Å². The van der Waals surface area contributed by atoms with E-state index in [0.29, 0.717) is 5.92 Å². The zero-order valence-electron chi connectivity index (χ0n) is 13.9. The molecule has 0 unspecified atom stereocenters. The Balaban J connectivity index is 1.44. The Kier molecular flexibility index (Phi) is 3.38. The van der Waals surface area contributed by atoms with E-state index in [2.05, 4.69) is 15.3 Å².